The van der Waals surface area contributed by atoms with Gasteiger partial charge in [0.15, 0.2) is 0 Å². The van der Waals surface area contributed by atoms with Crippen LogP contribution in [0.15, 0.2) is 60.7 Å². The van der Waals surface area contributed by atoms with E-state index >= 15 is 0 Å². The number of hydrogen-bond donors (Lipinski definition) is 2. The normalized spacial score (nSPS) is 14.4. The highest BCUT2D eigenvalue weighted by atomic mass is 16.5. The van der Waals surface area contributed by atoms with Gasteiger partial charge in [0.2, 0.25) is 0 Å². The van der Waals surface area contributed by atoms with E-state index in [0.29, 0.717) is 6.54 Å². The molecule has 0 saturated carbocycles. The lowest BCUT2D eigenvalue weighted by molar-refractivity contribution is -0.903. The highest BCUT2D eigenvalue weighted by molar-refractivity contribution is 5.97. The number of benzene rings is 2. The van der Waals surface area contributed by atoms with Crippen molar-refractivity contribution in [1.82, 2.24) is 9.88 Å². The van der Waals surface area contributed by atoms with Crippen LogP contribution in [0.1, 0.15) is 35.3 Å². The Morgan fingerprint density at radius 3 is 2.42 bits per heavy atom. The Morgan fingerprint density at radius 2 is 1.74 bits per heavy atom. The summed E-state index contributed by atoms with van der Waals surface area (Å²) in [6.45, 7) is 6.17. The van der Waals surface area contributed by atoms with Gasteiger partial charge in [0.1, 0.15) is 5.75 Å². The third kappa shape index (κ3) is 4.83. The SMILES string of the molecule is COc1ccc(-c2cc(C(=O)NCC[NH+]3CCCCC3)c(C)n2-c2ccccc2)cc1. The number of rotatable bonds is 7. The lowest BCUT2D eigenvalue weighted by Gasteiger charge is -2.23. The molecule has 5 heteroatoms. The Bertz CT molecular complexity index is 1000. The van der Waals surface area contributed by atoms with E-state index in [0.717, 1.165) is 40.5 Å². The highest BCUT2D eigenvalue weighted by Gasteiger charge is 2.20. The van der Waals surface area contributed by atoms with Crippen molar-refractivity contribution in [3.8, 4) is 22.7 Å². The van der Waals surface area contributed by atoms with Crippen LogP contribution < -0.4 is 15.0 Å². The molecule has 1 saturated heterocycles. The first-order chi connectivity index (χ1) is 15.2. The maximum Gasteiger partial charge on any atom is 0.253 e. The van der Waals surface area contributed by atoms with Crippen LogP contribution >= 0.6 is 0 Å². The van der Waals surface area contributed by atoms with Crippen molar-refractivity contribution < 1.29 is 14.4 Å². The fourth-order valence-corrected chi connectivity index (χ4v) is 4.47. The number of carbonyl (C=O) groups is 1. The van der Waals surface area contributed by atoms with E-state index < -0.39 is 0 Å². The molecule has 1 aliphatic heterocycles. The molecular weight excluding hydrogens is 386 g/mol. The summed E-state index contributed by atoms with van der Waals surface area (Å²) in [5.74, 6) is 0.815. The quantitative estimate of drug-likeness (QED) is 0.619. The Morgan fingerprint density at radius 1 is 1.03 bits per heavy atom. The van der Waals surface area contributed by atoms with Crippen LogP contribution in [0.3, 0.4) is 0 Å². The standard InChI is InChI=1S/C26H31N3O2/c1-20-24(26(30)27-15-18-28-16-7-4-8-17-28)19-25(21-11-13-23(31-2)14-12-21)29(20)22-9-5-3-6-10-22/h3,5-6,9-14,19H,4,7-8,15-18H2,1-2H3,(H,27,30)/p+1. The summed E-state index contributed by atoms with van der Waals surface area (Å²) in [5.41, 5.74) is 4.76. The van der Waals surface area contributed by atoms with Crippen molar-refractivity contribution in [2.75, 3.05) is 33.3 Å². The Balaban J connectivity index is 1.60. The lowest BCUT2D eigenvalue weighted by Crippen LogP contribution is -3.13. The number of methoxy groups -OCH3 is 1. The first-order valence-electron chi connectivity index (χ1n) is 11.2. The number of nitrogens with one attached hydrogen (secondary N) is 2. The minimum atomic E-state index is -0.00153. The van der Waals surface area contributed by atoms with Crippen LogP contribution in [-0.4, -0.2) is 43.8 Å². The van der Waals surface area contributed by atoms with Gasteiger partial charge < -0.3 is 19.5 Å². The van der Waals surface area contributed by atoms with Crippen LogP contribution in [0.2, 0.25) is 0 Å². The number of amides is 1. The van der Waals surface area contributed by atoms with Gasteiger partial charge >= 0.3 is 0 Å². The summed E-state index contributed by atoms with van der Waals surface area (Å²) >= 11 is 0. The summed E-state index contributed by atoms with van der Waals surface area (Å²) in [4.78, 5) is 14.7. The monoisotopic (exact) mass is 418 g/mol. The second-order valence-electron chi connectivity index (χ2n) is 8.24. The van der Waals surface area contributed by atoms with Gasteiger partial charge in [0.25, 0.3) is 5.91 Å². The van der Waals surface area contributed by atoms with Crippen molar-refractivity contribution in [3.05, 3.63) is 71.9 Å². The van der Waals surface area contributed by atoms with E-state index in [2.05, 4.69) is 22.0 Å². The van der Waals surface area contributed by atoms with Crippen LogP contribution in [0.4, 0.5) is 0 Å². The topological polar surface area (TPSA) is 47.7 Å². The zero-order valence-corrected chi connectivity index (χ0v) is 18.5. The average Bonchev–Trinajstić information content (AvgIpc) is 3.17. The summed E-state index contributed by atoms with van der Waals surface area (Å²) in [5, 5.41) is 3.16. The fourth-order valence-electron chi connectivity index (χ4n) is 4.47. The number of ether oxygens (including phenoxy) is 1. The molecule has 2 N–H and O–H groups in total. The summed E-state index contributed by atoms with van der Waals surface area (Å²) in [6.07, 6.45) is 3.94. The maximum atomic E-state index is 13.1. The van der Waals surface area contributed by atoms with Gasteiger partial charge in [-0.15, -0.1) is 0 Å². The predicted octanol–water partition coefficient (Wildman–Crippen LogP) is 3.26. The summed E-state index contributed by atoms with van der Waals surface area (Å²) in [6, 6.07) is 20.2. The molecule has 31 heavy (non-hydrogen) atoms. The van der Waals surface area contributed by atoms with E-state index in [1.807, 2.05) is 55.5 Å². The molecule has 3 aromatic rings. The molecular formula is C26H32N3O2+. The second kappa shape index (κ2) is 9.84. The van der Waals surface area contributed by atoms with Crippen molar-refractivity contribution >= 4 is 5.91 Å². The molecule has 1 aliphatic rings. The Labute approximate surface area is 184 Å². The molecule has 162 valence electrons. The van der Waals surface area contributed by atoms with Crippen LogP contribution in [0.5, 0.6) is 5.75 Å². The predicted molar refractivity (Wildman–Crippen MR) is 124 cm³/mol. The van der Waals surface area contributed by atoms with Gasteiger partial charge in [-0.25, -0.2) is 0 Å². The van der Waals surface area contributed by atoms with E-state index in [1.165, 1.54) is 32.4 Å². The van der Waals surface area contributed by atoms with Crippen molar-refractivity contribution in [2.24, 2.45) is 0 Å². The first kappa shape index (κ1) is 21.2. The van der Waals surface area contributed by atoms with Gasteiger partial charge in [-0.2, -0.15) is 0 Å². The molecule has 0 atom stereocenters. The Kier molecular flexibility index (Phi) is 6.73. The molecule has 0 aliphatic carbocycles. The van der Waals surface area contributed by atoms with E-state index in [-0.39, 0.29) is 5.91 Å². The van der Waals surface area contributed by atoms with E-state index in [9.17, 15) is 4.79 Å². The molecule has 2 aromatic carbocycles. The average molecular weight is 419 g/mol. The van der Waals surface area contributed by atoms with Crippen LogP contribution in [0.25, 0.3) is 16.9 Å². The molecule has 1 aromatic heterocycles. The fraction of sp³-hybridized carbons (Fsp3) is 0.346. The first-order valence-corrected chi connectivity index (χ1v) is 11.2. The van der Waals surface area contributed by atoms with Gasteiger partial charge in [0, 0.05) is 11.4 Å². The molecule has 4 rings (SSSR count). The third-order valence-electron chi connectivity index (χ3n) is 6.22. The number of carbonyl (C=O) groups excluding carboxylic acids is 1. The minimum absolute atomic E-state index is 0.00153. The molecule has 0 unspecified atom stereocenters. The number of quaternary nitrogens is 1. The van der Waals surface area contributed by atoms with Crippen molar-refractivity contribution in [1.29, 1.82) is 0 Å². The van der Waals surface area contributed by atoms with Crippen molar-refractivity contribution in [3.63, 3.8) is 0 Å². The second-order valence-corrected chi connectivity index (χ2v) is 8.24. The highest BCUT2D eigenvalue weighted by Crippen LogP contribution is 2.30. The van der Waals surface area contributed by atoms with E-state index in [4.69, 9.17) is 4.74 Å². The van der Waals surface area contributed by atoms with E-state index in [1.54, 1.807) is 12.0 Å². The molecule has 0 spiro atoms. The molecule has 5 nitrogen and oxygen atoms in total. The third-order valence-corrected chi connectivity index (χ3v) is 6.22. The smallest absolute Gasteiger partial charge is 0.253 e. The van der Waals surface area contributed by atoms with Crippen LogP contribution in [0, 0.1) is 6.92 Å². The van der Waals surface area contributed by atoms with Gasteiger partial charge in [-0.1, -0.05) is 18.2 Å². The number of aromatic nitrogens is 1. The largest absolute Gasteiger partial charge is 0.497 e. The zero-order chi connectivity index (χ0) is 21.6. The number of likely N-dealkylation sites (tertiary alicyclic amines) is 1. The summed E-state index contributed by atoms with van der Waals surface area (Å²) in [7, 11) is 1.67. The zero-order valence-electron chi connectivity index (χ0n) is 18.5. The Hall–Kier alpha value is -3.05. The molecule has 1 amide bonds. The molecule has 1 fully saturated rings. The van der Waals surface area contributed by atoms with Crippen molar-refractivity contribution in [2.45, 2.75) is 26.2 Å². The number of hydrogen-bond acceptors (Lipinski definition) is 2. The molecule has 0 bridgehead atoms. The maximum absolute atomic E-state index is 13.1. The number of para-hydroxylation sites is 1. The van der Waals surface area contributed by atoms with Gasteiger partial charge in [-0.05, 0) is 74.2 Å². The summed E-state index contributed by atoms with van der Waals surface area (Å²) < 4.78 is 7.47. The molecule has 2 heterocycles. The molecule has 0 radical (unpaired) electrons. The van der Waals surface area contributed by atoms with Gasteiger partial charge in [0.05, 0.1) is 44.5 Å². The van der Waals surface area contributed by atoms with Crippen LogP contribution in [-0.2, 0) is 0 Å². The van der Waals surface area contributed by atoms with Gasteiger partial charge in [-0.3, -0.25) is 4.79 Å². The number of nitrogens with zero attached hydrogens (tertiary/aromatic N) is 1. The lowest BCUT2D eigenvalue weighted by atomic mass is 10.1. The number of piperidine rings is 1. The minimum Gasteiger partial charge on any atom is -0.497 e.